The van der Waals surface area contributed by atoms with Crippen molar-refractivity contribution in [2.24, 2.45) is 0 Å². The smallest absolute Gasteiger partial charge is 0.243 e. The van der Waals surface area contributed by atoms with E-state index in [1.165, 1.54) is 0 Å². The summed E-state index contributed by atoms with van der Waals surface area (Å²) in [5.41, 5.74) is 0. The van der Waals surface area contributed by atoms with Crippen LogP contribution in [0.5, 0.6) is 0 Å². The average Bonchev–Trinajstić information content (AvgIpc) is 2.47. The number of hydrogen-bond acceptors (Lipinski definition) is 4. The highest BCUT2D eigenvalue weighted by atomic mass is 32.2. The Morgan fingerprint density at radius 2 is 2.15 bits per heavy atom. The Kier molecular flexibility index (Phi) is 3.45. The molecule has 1 saturated heterocycles. The second-order valence-electron chi connectivity index (χ2n) is 5.05. The molecule has 0 radical (unpaired) electrons. The molecule has 6 heteroatoms. The van der Waals surface area contributed by atoms with Crippen molar-refractivity contribution in [2.45, 2.75) is 17.9 Å². The van der Waals surface area contributed by atoms with Crippen molar-refractivity contribution in [3.8, 4) is 0 Å². The van der Waals surface area contributed by atoms with Gasteiger partial charge in [0.25, 0.3) is 0 Å². The molecule has 1 atom stereocenters. The van der Waals surface area contributed by atoms with Gasteiger partial charge in [-0.1, -0.05) is 6.07 Å². The van der Waals surface area contributed by atoms with E-state index in [0.717, 1.165) is 10.8 Å². The minimum atomic E-state index is -3.43. The molecule has 5 nitrogen and oxygen atoms in total. The van der Waals surface area contributed by atoms with Crippen LogP contribution in [0.4, 0.5) is 0 Å². The molecular formula is C14H17N3O2S. The molecule has 3 rings (SSSR count). The van der Waals surface area contributed by atoms with E-state index < -0.39 is 10.0 Å². The number of sulfonamides is 1. The van der Waals surface area contributed by atoms with Crippen molar-refractivity contribution in [1.29, 1.82) is 0 Å². The van der Waals surface area contributed by atoms with Gasteiger partial charge in [0.1, 0.15) is 0 Å². The maximum Gasteiger partial charge on any atom is 0.243 e. The molecule has 1 N–H and O–H groups in total. The van der Waals surface area contributed by atoms with Crippen LogP contribution in [0.15, 0.2) is 41.6 Å². The third-order valence-corrected chi connectivity index (χ3v) is 5.67. The molecule has 1 aliphatic heterocycles. The molecule has 0 amide bonds. The summed E-state index contributed by atoms with van der Waals surface area (Å²) < 4.78 is 27.0. The number of nitrogens with zero attached hydrogens (tertiary/aromatic N) is 2. The first-order valence-electron chi connectivity index (χ1n) is 6.65. The summed E-state index contributed by atoms with van der Waals surface area (Å²) in [6.07, 6.45) is 3.41. The van der Waals surface area contributed by atoms with Crippen LogP contribution in [-0.4, -0.2) is 43.4 Å². The normalized spacial score (nSPS) is 21.1. The number of rotatable bonds is 2. The van der Waals surface area contributed by atoms with Crippen LogP contribution in [0, 0.1) is 0 Å². The summed E-state index contributed by atoms with van der Waals surface area (Å²) >= 11 is 0. The number of pyridine rings is 1. The monoisotopic (exact) mass is 291 g/mol. The standard InChI is InChI=1S/C14H17N3O2S/c1-11-9-16-6-7-17(11)20(18,19)14-3-2-13-10-15-5-4-12(13)8-14/h2-5,8,10-11,16H,6-7,9H2,1H3. The molecule has 0 spiro atoms. The van der Waals surface area contributed by atoms with Crippen molar-refractivity contribution in [3.05, 3.63) is 36.7 Å². The number of nitrogens with one attached hydrogen (secondary N) is 1. The largest absolute Gasteiger partial charge is 0.314 e. The molecule has 1 fully saturated rings. The number of aromatic nitrogens is 1. The van der Waals surface area contributed by atoms with E-state index in [1.807, 2.05) is 19.1 Å². The Labute approximate surface area is 118 Å². The van der Waals surface area contributed by atoms with Gasteiger partial charge in [-0.3, -0.25) is 4.98 Å². The summed E-state index contributed by atoms with van der Waals surface area (Å²) in [6, 6.07) is 6.99. The van der Waals surface area contributed by atoms with E-state index in [2.05, 4.69) is 10.3 Å². The molecule has 0 aliphatic carbocycles. The van der Waals surface area contributed by atoms with Crippen LogP contribution in [0.1, 0.15) is 6.92 Å². The number of benzene rings is 1. The second-order valence-corrected chi connectivity index (χ2v) is 6.94. The minimum absolute atomic E-state index is 0.0260. The van der Waals surface area contributed by atoms with Crippen LogP contribution in [0.3, 0.4) is 0 Å². The lowest BCUT2D eigenvalue weighted by atomic mass is 10.2. The van der Waals surface area contributed by atoms with Crippen molar-refractivity contribution in [1.82, 2.24) is 14.6 Å². The van der Waals surface area contributed by atoms with Gasteiger partial charge >= 0.3 is 0 Å². The number of piperazine rings is 1. The molecule has 0 bridgehead atoms. The van der Waals surface area contributed by atoms with Crippen LogP contribution >= 0.6 is 0 Å². The van der Waals surface area contributed by atoms with Gasteiger partial charge in [0.05, 0.1) is 4.90 Å². The molecule has 1 unspecified atom stereocenters. The van der Waals surface area contributed by atoms with E-state index in [0.29, 0.717) is 24.5 Å². The van der Waals surface area contributed by atoms with E-state index >= 15 is 0 Å². The fourth-order valence-corrected chi connectivity index (χ4v) is 4.20. The van der Waals surface area contributed by atoms with E-state index in [-0.39, 0.29) is 6.04 Å². The van der Waals surface area contributed by atoms with Crippen molar-refractivity contribution < 1.29 is 8.42 Å². The Balaban J connectivity index is 2.04. The Morgan fingerprint density at radius 3 is 2.95 bits per heavy atom. The van der Waals surface area contributed by atoms with Crippen molar-refractivity contribution >= 4 is 20.8 Å². The first kappa shape index (κ1) is 13.5. The predicted octanol–water partition coefficient (Wildman–Crippen LogP) is 1.22. The molecule has 106 valence electrons. The van der Waals surface area contributed by atoms with Gasteiger partial charge < -0.3 is 5.32 Å². The zero-order chi connectivity index (χ0) is 14.2. The van der Waals surface area contributed by atoms with Gasteiger partial charge in [-0.2, -0.15) is 4.31 Å². The topological polar surface area (TPSA) is 62.3 Å². The maximum absolute atomic E-state index is 12.7. The van der Waals surface area contributed by atoms with Gasteiger partial charge in [0, 0.05) is 43.5 Å². The highest BCUT2D eigenvalue weighted by molar-refractivity contribution is 7.89. The first-order valence-corrected chi connectivity index (χ1v) is 8.09. The average molecular weight is 291 g/mol. The maximum atomic E-state index is 12.7. The lowest BCUT2D eigenvalue weighted by Crippen LogP contribution is -2.52. The SMILES string of the molecule is CC1CNCCN1S(=O)(=O)c1ccc2cnccc2c1. The van der Waals surface area contributed by atoms with Crippen LogP contribution in [0.25, 0.3) is 10.8 Å². The van der Waals surface area contributed by atoms with Gasteiger partial charge in [0.2, 0.25) is 10.0 Å². The summed E-state index contributed by atoms with van der Waals surface area (Å²) in [4.78, 5) is 4.39. The number of fused-ring (bicyclic) bond motifs is 1. The van der Waals surface area contributed by atoms with E-state index in [4.69, 9.17) is 0 Å². The second kappa shape index (κ2) is 5.12. The van der Waals surface area contributed by atoms with Gasteiger partial charge in [0.15, 0.2) is 0 Å². The molecular weight excluding hydrogens is 274 g/mol. The van der Waals surface area contributed by atoms with Gasteiger partial charge in [-0.25, -0.2) is 8.42 Å². The third-order valence-electron chi connectivity index (χ3n) is 3.66. The third kappa shape index (κ3) is 2.30. The fraction of sp³-hybridized carbons (Fsp3) is 0.357. The summed E-state index contributed by atoms with van der Waals surface area (Å²) in [7, 11) is -3.43. The molecule has 1 aromatic carbocycles. The molecule has 1 aliphatic rings. The number of hydrogen-bond donors (Lipinski definition) is 1. The molecule has 2 aromatic rings. The van der Waals surface area contributed by atoms with Gasteiger partial charge in [-0.05, 0) is 30.5 Å². The zero-order valence-electron chi connectivity index (χ0n) is 11.3. The molecule has 20 heavy (non-hydrogen) atoms. The molecule has 0 saturated carbocycles. The predicted molar refractivity (Wildman–Crippen MR) is 78.0 cm³/mol. The molecule has 1 aromatic heterocycles. The summed E-state index contributed by atoms with van der Waals surface area (Å²) in [5, 5.41) is 5.04. The van der Waals surface area contributed by atoms with Crippen molar-refractivity contribution in [2.75, 3.05) is 19.6 Å². The van der Waals surface area contributed by atoms with E-state index in [1.54, 1.807) is 28.8 Å². The lowest BCUT2D eigenvalue weighted by molar-refractivity contribution is 0.284. The minimum Gasteiger partial charge on any atom is -0.314 e. The van der Waals surface area contributed by atoms with Crippen LogP contribution in [0.2, 0.25) is 0 Å². The van der Waals surface area contributed by atoms with Crippen LogP contribution in [-0.2, 0) is 10.0 Å². The lowest BCUT2D eigenvalue weighted by Gasteiger charge is -2.32. The first-order chi connectivity index (χ1) is 9.59. The summed E-state index contributed by atoms with van der Waals surface area (Å²) in [5.74, 6) is 0. The Bertz CT molecular complexity index is 730. The highest BCUT2D eigenvalue weighted by Crippen LogP contribution is 2.23. The van der Waals surface area contributed by atoms with Gasteiger partial charge in [-0.15, -0.1) is 0 Å². The Hall–Kier alpha value is -1.50. The molecule has 2 heterocycles. The Morgan fingerprint density at radius 1 is 1.30 bits per heavy atom. The highest BCUT2D eigenvalue weighted by Gasteiger charge is 2.30. The van der Waals surface area contributed by atoms with Crippen molar-refractivity contribution in [3.63, 3.8) is 0 Å². The fourth-order valence-electron chi connectivity index (χ4n) is 2.54. The zero-order valence-corrected chi connectivity index (χ0v) is 12.1. The van der Waals surface area contributed by atoms with E-state index in [9.17, 15) is 8.42 Å². The summed E-state index contributed by atoms with van der Waals surface area (Å²) in [6.45, 7) is 3.82. The quantitative estimate of drug-likeness (QED) is 0.903. The van der Waals surface area contributed by atoms with Crippen LogP contribution < -0.4 is 5.32 Å².